The van der Waals surface area contributed by atoms with Crippen molar-refractivity contribution in [3.63, 3.8) is 0 Å². The maximum Gasteiger partial charge on any atom is 0.236 e. The molecule has 0 radical (unpaired) electrons. The second-order valence-corrected chi connectivity index (χ2v) is 19.5. The Kier molecular flexibility index (Phi) is 45.3. The number of amides is 2. The maximum absolute atomic E-state index is 13.8. The zero-order valence-electron chi connectivity index (χ0n) is 44.4. The van der Waals surface area contributed by atoms with Gasteiger partial charge in [-0.05, 0) is 64.8 Å². The van der Waals surface area contributed by atoms with Crippen LogP contribution in [0.25, 0.3) is 0 Å². The number of hydrogen-bond acceptors (Lipinski definition) is 5. The van der Waals surface area contributed by atoms with Crippen LogP contribution < -0.4 is 0 Å². The van der Waals surface area contributed by atoms with Crippen LogP contribution in [-0.4, -0.2) is 122 Å². The minimum atomic E-state index is -0.876. The Hall–Kier alpha value is -1.18. The van der Waals surface area contributed by atoms with Crippen molar-refractivity contribution in [2.24, 2.45) is 0 Å². The zero-order valence-corrected chi connectivity index (χ0v) is 43.4. The monoisotopic (exact) mass is 877 g/mol. The van der Waals surface area contributed by atoms with Crippen LogP contribution in [0.3, 0.4) is 0 Å². The molecule has 0 aromatic heterocycles. The SMILES string of the molecule is [2H]C(C(=O)N(C)CCN(C)C(=O)CN(CCCCCCCCC)CCN(CCCCCCCCC)CCCCCCCCC)N(CCCCCCCCC)CCCCCCCCC. The molecule has 62 heavy (non-hydrogen) atoms. The van der Waals surface area contributed by atoms with Crippen LogP contribution in [-0.2, 0) is 9.59 Å². The maximum atomic E-state index is 13.8. The van der Waals surface area contributed by atoms with E-state index in [2.05, 4.69) is 49.3 Å². The first-order valence-corrected chi connectivity index (χ1v) is 27.8. The van der Waals surface area contributed by atoms with Crippen molar-refractivity contribution < 1.29 is 11.0 Å². The van der Waals surface area contributed by atoms with Gasteiger partial charge in [0.2, 0.25) is 11.8 Å². The molecule has 0 bridgehead atoms. The molecule has 0 N–H and O–H groups in total. The number of nitrogens with zero attached hydrogens (tertiary/aromatic N) is 5. The Bertz CT molecular complexity index is 935. The predicted molar refractivity (Wildman–Crippen MR) is 275 cm³/mol. The highest BCUT2D eigenvalue weighted by Gasteiger charge is 2.19. The van der Waals surface area contributed by atoms with Crippen LogP contribution in [0.15, 0.2) is 0 Å². The standard InChI is InChI=1S/C55H113N5O2/c1-8-13-18-23-28-33-38-43-58(44-39-34-29-24-19-14-9-2)50-51-60(47-42-37-32-27-22-17-12-5)53-55(62)57(7)49-48-56(6)54(61)52-59(45-40-35-30-25-20-15-10-3)46-41-36-31-26-21-16-11-4/h8-53H2,1-7H3/i52D. The van der Waals surface area contributed by atoms with Gasteiger partial charge in [0.25, 0.3) is 0 Å². The van der Waals surface area contributed by atoms with Crippen LogP contribution >= 0.6 is 0 Å². The lowest BCUT2D eigenvalue weighted by Gasteiger charge is -2.30. The number of carbonyl (C=O) groups excluding carboxylic acids is 2. The highest BCUT2D eigenvalue weighted by atomic mass is 16.2. The van der Waals surface area contributed by atoms with Crippen molar-refractivity contribution in [3.8, 4) is 0 Å². The summed E-state index contributed by atoms with van der Waals surface area (Å²) in [6.45, 7) is 18.9. The van der Waals surface area contributed by atoms with E-state index >= 15 is 0 Å². The van der Waals surface area contributed by atoms with Gasteiger partial charge in [-0.25, -0.2) is 0 Å². The molecule has 0 saturated carbocycles. The van der Waals surface area contributed by atoms with E-state index in [0.29, 0.717) is 19.6 Å². The summed E-state index contributed by atoms with van der Waals surface area (Å²) in [6, 6.07) is 0. The van der Waals surface area contributed by atoms with Gasteiger partial charge in [0, 0.05) is 40.3 Å². The third kappa shape index (κ3) is 40.3. The second-order valence-electron chi connectivity index (χ2n) is 19.5. The van der Waals surface area contributed by atoms with E-state index in [1.807, 2.05) is 19.0 Å². The molecule has 1 unspecified atom stereocenters. The van der Waals surface area contributed by atoms with E-state index in [9.17, 15) is 9.59 Å². The lowest BCUT2D eigenvalue weighted by molar-refractivity contribution is -0.134. The van der Waals surface area contributed by atoms with Crippen molar-refractivity contribution >= 4 is 11.8 Å². The fourth-order valence-electron chi connectivity index (χ4n) is 8.65. The van der Waals surface area contributed by atoms with Gasteiger partial charge in [-0.2, -0.15) is 0 Å². The Balaban J connectivity index is 5.42. The quantitative estimate of drug-likeness (QED) is 0.0570. The summed E-state index contributed by atoms with van der Waals surface area (Å²) in [7, 11) is 3.74. The summed E-state index contributed by atoms with van der Waals surface area (Å²) >= 11 is 0. The first kappa shape index (κ1) is 58.8. The van der Waals surface area contributed by atoms with Crippen molar-refractivity contribution in [2.45, 2.75) is 259 Å². The summed E-state index contributed by atoms with van der Waals surface area (Å²) < 4.78 is 9.10. The van der Waals surface area contributed by atoms with Gasteiger partial charge >= 0.3 is 0 Å². The molecule has 7 nitrogen and oxygen atoms in total. The van der Waals surface area contributed by atoms with Gasteiger partial charge in [0.05, 0.1) is 14.4 Å². The van der Waals surface area contributed by atoms with Crippen LogP contribution in [0.4, 0.5) is 0 Å². The zero-order chi connectivity index (χ0) is 46.4. The number of hydrogen-bond donors (Lipinski definition) is 0. The fraction of sp³-hybridized carbons (Fsp3) is 0.964. The van der Waals surface area contributed by atoms with Crippen LogP contribution in [0.2, 0.25) is 0 Å². The lowest BCUT2D eigenvalue weighted by Crippen LogP contribution is -2.45. The molecule has 2 amide bonds. The van der Waals surface area contributed by atoms with E-state index < -0.39 is 6.52 Å². The third-order valence-corrected chi connectivity index (χ3v) is 13.3. The molecule has 0 rings (SSSR count). The minimum absolute atomic E-state index is 0.135. The van der Waals surface area contributed by atoms with Gasteiger partial charge in [0.1, 0.15) is 0 Å². The molecular weight excluding hydrogens is 763 g/mol. The van der Waals surface area contributed by atoms with Gasteiger partial charge in [0.15, 0.2) is 0 Å². The average Bonchev–Trinajstić information content (AvgIpc) is 3.28. The molecule has 0 heterocycles. The Labute approximate surface area is 391 Å². The van der Waals surface area contributed by atoms with Crippen LogP contribution in [0, 0.1) is 0 Å². The van der Waals surface area contributed by atoms with Crippen LogP contribution in [0.5, 0.6) is 0 Å². The van der Waals surface area contributed by atoms with Gasteiger partial charge in [-0.15, -0.1) is 0 Å². The van der Waals surface area contributed by atoms with Crippen molar-refractivity contribution in [3.05, 3.63) is 0 Å². The molecule has 0 aliphatic heterocycles. The second kappa shape index (κ2) is 47.8. The fourth-order valence-corrected chi connectivity index (χ4v) is 8.65. The summed E-state index contributed by atoms with van der Waals surface area (Å²) in [5.74, 6) is 0.00995. The first-order valence-electron chi connectivity index (χ1n) is 28.4. The summed E-state index contributed by atoms with van der Waals surface area (Å²) in [6.07, 6.45) is 45.0. The molecule has 0 aliphatic carbocycles. The van der Waals surface area contributed by atoms with Gasteiger partial charge < -0.3 is 14.7 Å². The molecule has 7 heteroatoms. The largest absolute Gasteiger partial charge is 0.343 e. The van der Waals surface area contributed by atoms with Gasteiger partial charge in [-0.1, -0.05) is 227 Å². The molecular formula is C55H113N5O2. The third-order valence-electron chi connectivity index (χ3n) is 13.3. The Morgan fingerprint density at radius 2 is 0.532 bits per heavy atom. The Morgan fingerprint density at radius 3 is 0.855 bits per heavy atom. The highest BCUT2D eigenvalue weighted by molar-refractivity contribution is 5.79. The van der Waals surface area contributed by atoms with Crippen LogP contribution in [0.1, 0.15) is 261 Å². The average molecular weight is 878 g/mol. The molecule has 370 valence electrons. The normalized spacial score (nSPS) is 12.5. The number of rotatable bonds is 50. The molecule has 0 saturated heterocycles. The predicted octanol–water partition coefficient (Wildman–Crippen LogP) is 14.6. The molecule has 0 aromatic carbocycles. The molecule has 0 aliphatic rings. The Morgan fingerprint density at radius 1 is 0.290 bits per heavy atom. The molecule has 0 aromatic rings. The van der Waals surface area contributed by atoms with E-state index in [1.54, 1.807) is 4.90 Å². The summed E-state index contributed by atoms with van der Waals surface area (Å²) in [5, 5.41) is 0. The van der Waals surface area contributed by atoms with E-state index in [4.69, 9.17) is 1.37 Å². The minimum Gasteiger partial charge on any atom is -0.343 e. The summed E-state index contributed by atoms with van der Waals surface area (Å²) in [4.78, 5) is 38.4. The highest BCUT2D eigenvalue weighted by Crippen LogP contribution is 2.14. The number of carbonyl (C=O) groups is 2. The lowest BCUT2D eigenvalue weighted by atomic mass is 10.1. The van der Waals surface area contributed by atoms with Crippen molar-refractivity contribution in [1.29, 1.82) is 0 Å². The number of likely N-dealkylation sites (N-methyl/N-ethyl adjacent to an activating group) is 2. The van der Waals surface area contributed by atoms with E-state index in [0.717, 1.165) is 52.0 Å². The number of unbranched alkanes of at least 4 members (excludes halogenated alkanes) is 30. The molecule has 1 atom stereocenters. The van der Waals surface area contributed by atoms with Crippen molar-refractivity contribution in [1.82, 2.24) is 24.5 Å². The van der Waals surface area contributed by atoms with Gasteiger partial charge in [-0.3, -0.25) is 19.4 Å². The molecule has 0 spiro atoms. The van der Waals surface area contributed by atoms with Crippen molar-refractivity contribution in [2.75, 3.05) is 86.1 Å². The van der Waals surface area contributed by atoms with E-state index in [-0.39, 0.29) is 11.8 Å². The molecule has 0 fully saturated rings. The smallest absolute Gasteiger partial charge is 0.236 e. The first-order chi connectivity index (χ1) is 30.7. The van der Waals surface area contributed by atoms with E-state index in [1.165, 1.54) is 219 Å². The topological polar surface area (TPSA) is 50.3 Å². The summed E-state index contributed by atoms with van der Waals surface area (Å²) in [5.41, 5.74) is 0.